The second-order valence-electron chi connectivity index (χ2n) is 9.12. The number of likely N-dealkylation sites (tertiary alicyclic amines) is 1. The van der Waals surface area contributed by atoms with Crippen molar-refractivity contribution >= 4 is 23.3 Å². The molecular weight excluding hydrogens is 483 g/mol. The molecule has 1 fully saturated rings. The average Bonchev–Trinajstić information content (AvgIpc) is 3.56. The first-order valence-electron chi connectivity index (χ1n) is 12.6. The summed E-state index contributed by atoms with van der Waals surface area (Å²) in [5.41, 5.74) is 11.1. The molecule has 38 heavy (non-hydrogen) atoms. The van der Waals surface area contributed by atoms with E-state index in [0.29, 0.717) is 38.5 Å². The number of benzene rings is 1. The summed E-state index contributed by atoms with van der Waals surface area (Å²) in [5, 5.41) is 3.36. The third-order valence-corrected chi connectivity index (χ3v) is 6.51. The number of nitrogens with two attached hydrogens (primary N) is 1. The van der Waals surface area contributed by atoms with E-state index in [4.69, 9.17) is 10.5 Å². The minimum absolute atomic E-state index is 0.496. The fourth-order valence-electron chi connectivity index (χ4n) is 4.48. The van der Waals surface area contributed by atoms with Crippen molar-refractivity contribution < 1.29 is 9.13 Å². The largest absolute Gasteiger partial charge is 0.492 e. The summed E-state index contributed by atoms with van der Waals surface area (Å²) in [4.78, 5) is 19.5. The van der Waals surface area contributed by atoms with Crippen LogP contribution in [0.3, 0.4) is 0 Å². The van der Waals surface area contributed by atoms with Gasteiger partial charge in [0, 0.05) is 69.5 Å². The van der Waals surface area contributed by atoms with Gasteiger partial charge in [-0.15, -0.1) is 0 Å². The van der Waals surface area contributed by atoms with Crippen molar-refractivity contribution in [2.24, 2.45) is 10.7 Å². The van der Waals surface area contributed by atoms with Crippen LogP contribution >= 0.6 is 0 Å². The molecule has 9 nitrogen and oxygen atoms in total. The predicted molar refractivity (Wildman–Crippen MR) is 148 cm³/mol. The van der Waals surface area contributed by atoms with Crippen LogP contribution in [0.5, 0.6) is 5.75 Å². The summed E-state index contributed by atoms with van der Waals surface area (Å²) in [6.07, 6.45) is 8.44. The number of rotatable bonds is 10. The third-order valence-electron chi connectivity index (χ3n) is 6.51. The summed E-state index contributed by atoms with van der Waals surface area (Å²) < 4.78 is 21.2. The lowest BCUT2D eigenvalue weighted by molar-refractivity contribution is 0.224. The van der Waals surface area contributed by atoms with Crippen molar-refractivity contribution in [1.82, 2.24) is 24.3 Å². The van der Waals surface area contributed by atoms with Gasteiger partial charge in [-0.25, -0.2) is 19.3 Å². The number of nitrogens with one attached hydrogen (secondary N) is 1. The fourth-order valence-corrected chi connectivity index (χ4v) is 4.48. The number of aliphatic imine (C=N–C) groups is 1. The van der Waals surface area contributed by atoms with Gasteiger partial charge in [0.1, 0.15) is 36.3 Å². The van der Waals surface area contributed by atoms with Gasteiger partial charge in [0.25, 0.3) is 0 Å². The van der Waals surface area contributed by atoms with E-state index in [1.807, 2.05) is 53.1 Å². The molecule has 3 N–H and O–H groups in total. The minimum atomic E-state index is -0.715. The highest BCUT2D eigenvalue weighted by atomic mass is 19.1. The van der Waals surface area contributed by atoms with E-state index >= 15 is 0 Å². The highest BCUT2D eigenvalue weighted by Crippen LogP contribution is 2.23. The van der Waals surface area contributed by atoms with Gasteiger partial charge in [0.15, 0.2) is 0 Å². The normalized spacial score (nSPS) is 16.5. The van der Waals surface area contributed by atoms with Crippen LogP contribution in [0.2, 0.25) is 0 Å². The van der Waals surface area contributed by atoms with Gasteiger partial charge < -0.3 is 15.8 Å². The quantitative estimate of drug-likeness (QED) is 0.310. The number of anilines is 1. The van der Waals surface area contributed by atoms with Crippen LogP contribution in [-0.2, 0) is 6.54 Å². The zero-order chi connectivity index (χ0) is 26.3. The lowest BCUT2D eigenvalue weighted by Gasteiger charge is -2.15. The van der Waals surface area contributed by atoms with Gasteiger partial charge in [-0.3, -0.25) is 14.3 Å². The van der Waals surface area contributed by atoms with Crippen LogP contribution in [0, 0.1) is 0 Å². The van der Waals surface area contributed by atoms with Gasteiger partial charge in [-0.05, 0) is 23.6 Å². The van der Waals surface area contributed by atoms with Crippen LogP contribution in [0.1, 0.15) is 17.5 Å². The van der Waals surface area contributed by atoms with Crippen molar-refractivity contribution in [3.8, 4) is 17.1 Å². The molecular formula is C28H31FN8O. The first kappa shape index (κ1) is 25.3. The number of hydrogen-bond acceptors (Lipinski definition) is 8. The van der Waals surface area contributed by atoms with Crippen molar-refractivity contribution in [2.75, 3.05) is 38.6 Å². The molecule has 0 spiro atoms. The first-order valence-corrected chi connectivity index (χ1v) is 12.6. The molecule has 0 radical (unpaired) electrons. The van der Waals surface area contributed by atoms with Crippen molar-refractivity contribution in [1.29, 1.82) is 0 Å². The Balaban J connectivity index is 1.22. The Bertz CT molecular complexity index is 1430. The molecule has 3 aromatic heterocycles. The van der Waals surface area contributed by atoms with Crippen LogP contribution in [0.25, 0.3) is 22.6 Å². The van der Waals surface area contributed by atoms with Gasteiger partial charge in [0.2, 0.25) is 0 Å². The van der Waals surface area contributed by atoms with E-state index in [9.17, 15) is 4.39 Å². The Kier molecular flexibility index (Phi) is 7.89. The van der Waals surface area contributed by atoms with Crippen LogP contribution < -0.4 is 15.8 Å². The first-order chi connectivity index (χ1) is 18.6. The minimum Gasteiger partial charge on any atom is -0.492 e. The molecule has 196 valence electrons. The molecule has 1 aliphatic rings. The van der Waals surface area contributed by atoms with E-state index in [-0.39, 0.29) is 0 Å². The molecule has 0 bridgehead atoms. The SMILES string of the molecule is CN=C/C(=C\N)c1ccc(CNc2cc(-c3cnc4cc(OCCN5CCC(F)C5)ccn34)ncn2)cc1. The van der Waals surface area contributed by atoms with Crippen LogP contribution in [0.15, 0.2) is 72.4 Å². The van der Waals surface area contributed by atoms with E-state index in [0.717, 1.165) is 46.0 Å². The predicted octanol–water partition coefficient (Wildman–Crippen LogP) is 3.83. The lowest BCUT2D eigenvalue weighted by atomic mass is 10.1. The number of fused-ring (bicyclic) bond motifs is 1. The number of nitrogens with zero attached hydrogens (tertiary/aromatic N) is 6. The molecule has 1 aromatic carbocycles. The van der Waals surface area contributed by atoms with Crippen molar-refractivity contribution in [3.05, 3.63) is 78.5 Å². The molecule has 0 aliphatic carbocycles. The van der Waals surface area contributed by atoms with E-state index in [1.54, 1.807) is 32.0 Å². The van der Waals surface area contributed by atoms with Crippen molar-refractivity contribution in [2.45, 2.75) is 19.1 Å². The Morgan fingerprint density at radius 1 is 1.21 bits per heavy atom. The third kappa shape index (κ3) is 5.97. The maximum Gasteiger partial charge on any atom is 0.140 e. The van der Waals surface area contributed by atoms with Gasteiger partial charge >= 0.3 is 0 Å². The molecule has 1 atom stereocenters. The number of imidazole rings is 1. The van der Waals surface area contributed by atoms with Crippen molar-refractivity contribution in [3.63, 3.8) is 0 Å². The number of alkyl halides is 1. The standard InChI is InChI=1S/C28H31FN8O/c1-31-16-22(14-30)21-4-2-20(3-5-21)15-32-27-13-25(34-19-35-27)26-17-33-28-12-24(7-9-37(26)28)38-11-10-36-8-6-23(29)18-36/h2-5,7,9,12-14,16-17,19,23H,6,8,10-11,15,18,30H2,1H3,(H,32,34,35)/b22-14+,31-16?. The summed E-state index contributed by atoms with van der Waals surface area (Å²) in [6.45, 7) is 3.12. The maximum atomic E-state index is 13.3. The number of ether oxygens (including phenoxy) is 1. The van der Waals surface area contributed by atoms with Gasteiger partial charge in [-0.1, -0.05) is 24.3 Å². The molecule has 4 heterocycles. The topological polar surface area (TPSA) is 106 Å². The molecule has 0 saturated carbocycles. The average molecular weight is 515 g/mol. The summed E-state index contributed by atoms with van der Waals surface area (Å²) in [6, 6.07) is 13.8. The number of hydrogen-bond donors (Lipinski definition) is 2. The zero-order valence-corrected chi connectivity index (χ0v) is 21.3. The molecule has 1 unspecified atom stereocenters. The van der Waals surface area contributed by atoms with E-state index in [1.165, 1.54) is 0 Å². The lowest BCUT2D eigenvalue weighted by Crippen LogP contribution is -2.26. The van der Waals surface area contributed by atoms with E-state index < -0.39 is 6.17 Å². The van der Waals surface area contributed by atoms with Crippen LogP contribution in [0.4, 0.5) is 10.2 Å². The summed E-state index contributed by atoms with van der Waals surface area (Å²) >= 11 is 0. The summed E-state index contributed by atoms with van der Waals surface area (Å²) in [5.74, 6) is 1.45. The Morgan fingerprint density at radius 2 is 2.08 bits per heavy atom. The molecule has 10 heteroatoms. The number of aromatic nitrogens is 4. The molecule has 5 rings (SSSR count). The second kappa shape index (κ2) is 11.8. The number of pyridine rings is 1. The maximum absolute atomic E-state index is 13.3. The summed E-state index contributed by atoms with van der Waals surface area (Å²) in [7, 11) is 1.72. The molecule has 0 amide bonds. The fraction of sp³-hybridized carbons (Fsp3) is 0.286. The number of halogens is 1. The van der Waals surface area contributed by atoms with Crippen LogP contribution in [-0.4, -0.2) is 69.9 Å². The monoisotopic (exact) mass is 514 g/mol. The Labute approximate surface area is 220 Å². The highest BCUT2D eigenvalue weighted by Gasteiger charge is 2.21. The smallest absolute Gasteiger partial charge is 0.140 e. The molecule has 1 saturated heterocycles. The van der Waals surface area contributed by atoms with Gasteiger partial charge in [0.05, 0.1) is 17.6 Å². The Morgan fingerprint density at radius 3 is 2.84 bits per heavy atom. The Hall–Kier alpha value is -4.31. The molecule has 4 aromatic rings. The zero-order valence-electron chi connectivity index (χ0n) is 21.3. The highest BCUT2D eigenvalue weighted by molar-refractivity contribution is 6.09. The van der Waals surface area contributed by atoms with Gasteiger partial charge in [-0.2, -0.15) is 0 Å². The second-order valence-corrected chi connectivity index (χ2v) is 9.12. The molecule has 1 aliphatic heterocycles. The van der Waals surface area contributed by atoms with E-state index in [2.05, 4.69) is 30.2 Å². The number of allylic oxidation sites excluding steroid dienone is 1.